The van der Waals surface area contributed by atoms with Gasteiger partial charge in [-0.2, -0.15) is 0 Å². The monoisotopic (exact) mass is 296 g/mol. The summed E-state index contributed by atoms with van der Waals surface area (Å²) >= 11 is 0. The summed E-state index contributed by atoms with van der Waals surface area (Å²) in [7, 11) is 0. The minimum Gasteiger partial charge on any atom is -0.342 e. The maximum Gasteiger partial charge on any atom is 0.245 e. The number of hydrogen-bond acceptors (Lipinski definition) is 1. The highest BCUT2D eigenvalue weighted by Gasteiger charge is 2.28. The van der Waals surface area contributed by atoms with E-state index in [0.29, 0.717) is 5.92 Å². The van der Waals surface area contributed by atoms with E-state index < -0.39 is 0 Å². The number of hydrogen-bond donors (Lipinski definition) is 0. The topological polar surface area (TPSA) is 25.2 Å². The molecule has 22 heavy (non-hydrogen) atoms. The molecule has 0 saturated carbocycles. The van der Waals surface area contributed by atoms with Gasteiger partial charge >= 0.3 is 0 Å². The predicted octanol–water partition coefficient (Wildman–Crippen LogP) is 3.66. The molecule has 1 amide bonds. The molecule has 3 rings (SSSR count). The average Bonchev–Trinajstić information content (AvgIpc) is 3.05. The van der Waals surface area contributed by atoms with E-state index >= 15 is 0 Å². The first-order valence-electron chi connectivity index (χ1n) is 8.13. The Kier molecular flexibility index (Phi) is 4.32. The van der Waals surface area contributed by atoms with Crippen LogP contribution in [0.5, 0.6) is 0 Å². The highest BCUT2D eigenvalue weighted by Crippen LogP contribution is 2.25. The Morgan fingerprint density at radius 3 is 2.45 bits per heavy atom. The summed E-state index contributed by atoms with van der Waals surface area (Å²) in [5.74, 6) is 0.743. The van der Waals surface area contributed by atoms with E-state index in [0.717, 1.165) is 25.9 Å². The molecular formula is C19H24N2O. The fourth-order valence-electron chi connectivity index (χ4n) is 3.25. The fraction of sp³-hybridized carbons (Fsp3) is 0.421. The van der Waals surface area contributed by atoms with Gasteiger partial charge in [0, 0.05) is 25.5 Å². The molecule has 0 saturated heterocycles. The number of fused-ring (bicyclic) bond motifs is 1. The standard InChI is InChI=1S/C19H24N2O/c1-15(2)13-18(20-10-5-6-11-20)19(22)21-12-9-16-7-3-4-8-17(16)14-21/h3-8,10-11,15,18H,9,12-14H2,1-2H3. The third kappa shape index (κ3) is 3.08. The van der Waals surface area contributed by atoms with Crippen molar-refractivity contribution in [3.63, 3.8) is 0 Å². The van der Waals surface area contributed by atoms with Crippen LogP contribution in [0.1, 0.15) is 37.4 Å². The van der Waals surface area contributed by atoms with Crippen molar-refractivity contribution in [2.24, 2.45) is 5.92 Å². The van der Waals surface area contributed by atoms with Gasteiger partial charge in [0.15, 0.2) is 0 Å². The zero-order chi connectivity index (χ0) is 15.5. The lowest BCUT2D eigenvalue weighted by atomic mass is 9.97. The number of benzene rings is 1. The molecule has 3 nitrogen and oxygen atoms in total. The van der Waals surface area contributed by atoms with E-state index in [1.54, 1.807) is 0 Å². The van der Waals surface area contributed by atoms with Crippen LogP contribution in [0.25, 0.3) is 0 Å². The van der Waals surface area contributed by atoms with E-state index in [1.165, 1.54) is 11.1 Å². The van der Waals surface area contributed by atoms with Crippen LogP contribution in [0.4, 0.5) is 0 Å². The quantitative estimate of drug-likeness (QED) is 0.845. The first kappa shape index (κ1) is 14.9. The fourth-order valence-corrected chi connectivity index (χ4v) is 3.25. The molecule has 1 aromatic heterocycles. The van der Waals surface area contributed by atoms with Crippen LogP contribution in [0.2, 0.25) is 0 Å². The van der Waals surface area contributed by atoms with Crippen LogP contribution in [0.15, 0.2) is 48.8 Å². The lowest BCUT2D eigenvalue weighted by Crippen LogP contribution is -2.40. The highest BCUT2D eigenvalue weighted by molar-refractivity contribution is 5.80. The third-order valence-electron chi connectivity index (χ3n) is 4.41. The smallest absolute Gasteiger partial charge is 0.245 e. The Morgan fingerprint density at radius 2 is 1.77 bits per heavy atom. The molecule has 0 bridgehead atoms. The van der Waals surface area contributed by atoms with Gasteiger partial charge in [-0.1, -0.05) is 38.1 Å². The van der Waals surface area contributed by atoms with Crippen molar-refractivity contribution >= 4 is 5.91 Å². The normalized spacial score (nSPS) is 15.7. The van der Waals surface area contributed by atoms with E-state index in [2.05, 4.69) is 42.7 Å². The molecule has 0 N–H and O–H groups in total. The van der Waals surface area contributed by atoms with Crippen molar-refractivity contribution in [1.29, 1.82) is 0 Å². The summed E-state index contributed by atoms with van der Waals surface area (Å²) in [6, 6.07) is 12.4. The first-order valence-corrected chi connectivity index (χ1v) is 8.13. The molecule has 1 atom stereocenters. The van der Waals surface area contributed by atoms with E-state index in [-0.39, 0.29) is 11.9 Å². The van der Waals surface area contributed by atoms with Gasteiger partial charge in [0.25, 0.3) is 0 Å². The van der Waals surface area contributed by atoms with E-state index in [1.807, 2.05) is 29.4 Å². The van der Waals surface area contributed by atoms with Crippen LogP contribution < -0.4 is 0 Å². The van der Waals surface area contributed by atoms with Gasteiger partial charge in [-0.25, -0.2) is 0 Å². The summed E-state index contributed by atoms with van der Waals surface area (Å²) in [6.45, 7) is 5.92. The Labute approximate surface area is 132 Å². The number of carbonyl (C=O) groups is 1. The van der Waals surface area contributed by atoms with E-state index in [9.17, 15) is 4.79 Å². The van der Waals surface area contributed by atoms with Gasteiger partial charge in [-0.15, -0.1) is 0 Å². The molecule has 1 unspecified atom stereocenters. The van der Waals surface area contributed by atoms with Gasteiger partial charge in [0.05, 0.1) is 0 Å². The Hall–Kier alpha value is -2.03. The summed E-state index contributed by atoms with van der Waals surface area (Å²) in [5, 5.41) is 0. The number of carbonyl (C=O) groups excluding carboxylic acids is 1. The SMILES string of the molecule is CC(C)CC(C(=O)N1CCc2ccccc2C1)n1cccc1. The Morgan fingerprint density at radius 1 is 1.09 bits per heavy atom. The molecule has 0 fully saturated rings. The number of nitrogens with zero attached hydrogens (tertiary/aromatic N) is 2. The molecule has 0 radical (unpaired) electrons. The Bertz CT molecular complexity index is 631. The van der Waals surface area contributed by atoms with Gasteiger partial charge in [0.1, 0.15) is 6.04 Å². The van der Waals surface area contributed by atoms with Crippen molar-refractivity contribution < 1.29 is 4.79 Å². The summed E-state index contributed by atoms with van der Waals surface area (Å²) in [6.07, 6.45) is 5.85. The lowest BCUT2D eigenvalue weighted by Gasteiger charge is -2.33. The van der Waals surface area contributed by atoms with Crippen LogP contribution in [-0.4, -0.2) is 21.9 Å². The van der Waals surface area contributed by atoms with Crippen molar-refractivity contribution in [3.05, 3.63) is 59.9 Å². The maximum atomic E-state index is 13.0. The van der Waals surface area contributed by atoms with Crippen LogP contribution in [-0.2, 0) is 17.8 Å². The second-order valence-electron chi connectivity index (χ2n) is 6.55. The van der Waals surface area contributed by atoms with Crippen LogP contribution >= 0.6 is 0 Å². The Balaban J connectivity index is 1.79. The highest BCUT2D eigenvalue weighted by atomic mass is 16.2. The molecule has 2 heterocycles. The van der Waals surface area contributed by atoms with Crippen molar-refractivity contribution in [1.82, 2.24) is 9.47 Å². The molecule has 116 valence electrons. The lowest BCUT2D eigenvalue weighted by molar-refractivity contribution is -0.136. The van der Waals surface area contributed by atoms with Crippen LogP contribution in [0, 0.1) is 5.92 Å². The second kappa shape index (κ2) is 6.39. The number of rotatable bonds is 4. The molecule has 1 aliphatic heterocycles. The molecule has 3 heteroatoms. The van der Waals surface area contributed by atoms with Crippen LogP contribution in [0.3, 0.4) is 0 Å². The molecule has 2 aromatic rings. The third-order valence-corrected chi connectivity index (χ3v) is 4.41. The molecule has 0 aliphatic carbocycles. The van der Waals surface area contributed by atoms with Gasteiger partial charge in [-0.3, -0.25) is 4.79 Å². The van der Waals surface area contributed by atoms with Crippen molar-refractivity contribution in [2.45, 2.75) is 39.3 Å². The summed E-state index contributed by atoms with van der Waals surface area (Å²) in [5.41, 5.74) is 2.67. The van der Waals surface area contributed by atoms with Gasteiger partial charge in [-0.05, 0) is 42.0 Å². The molecular weight excluding hydrogens is 272 g/mol. The number of amides is 1. The largest absolute Gasteiger partial charge is 0.342 e. The van der Waals surface area contributed by atoms with Crippen molar-refractivity contribution in [2.75, 3.05) is 6.54 Å². The summed E-state index contributed by atoms with van der Waals surface area (Å²) in [4.78, 5) is 15.1. The minimum absolute atomic E-state index is 0.0831. The molecule has 1 aromatic carbocycles. The van der Waals surface area contributed by atoms with Gasteiger partial charge < -0.3 is 9.47 Å². The zero-order valence-electron chi connectivity index (χ0n) is 13.4. The first-order chi connectivity index (χ1) is 10.6. The van der Waals surface area contributed by atoms with Gasteiger partial charge in [0.2, 0.25) is 5.91 Å². The predicted molar refractivity (Wildman–Crippen MR) is 88.5 cm³/mol. The maximum absolute atomic E-state index is 13.0. The van der Waals surface area contributed by atoms with Crippen molar-refractivity contribution in [3.8, 4) is 0 Å². The zero-order valence-corrected chi connectivity index (χ0v) is 13.4. The average molecular weight is 296 g/mol. The molecule has 0 spiro atoms. The summed E-state index contributed by atoms with van der Waals surface area (Å²) < 4.78 is 2.06. The minimum atomic E-state index is -0.0831. The second-order valence-corrected chi connectivity index (χ2v) is 6.55. The molecule has 1 aliphatic rings. The van der Waals surface area contributed by atoms with E-state index in [4.69, 9.17) is 0 Å². The number of aromatic nitrogens is 1.